The molecular formula is C21H23N7O. The van der Waals surface area contributed by atoms with Crippen molar-refractivity contribution in [1.29, 1.82) is 0 Å². The summed E-state index contributed by atoms with van der Waals surface area (Å²) in [6.45, 7) is 4.70. The number of pyridine rings is 2. The molecule has 0 radical (unpaired) electrons. The van der Waals surface area contributed by atoms with Gasteiger partial charge in [0, 0.05) is 25.2 Å². The van der Waals surface area contributed by atoms with E-state index in [4.69, 9.17) is 14.8 Å². The Balaban J connectivity index is 1.35. The van der Waals surface area contributed by atoms with Crippen LogP contribution in [0.1, 0.15) is 19.8 Å². The molecule has 0 spiro atoms. The van der Waals surface area contributed by atoms with Crippen LogP contribution in [0.25, 0.3) is 22.2 Å². The average molecular weight is 389 g/mol. The molecule has 0 aromatic carbocycles. The van der Waals surface area contributed by atoms with Gasteiger partial charge < -0.3 is 15.0 Å². The Bertz CT molecular complexity index is 1170. The number of nitrogens with zero attached hydrogens (tertiary/aromatic N) is 6. The third kappa shape index (κ3) is 2.66. The van der Waals surface area contributed by atoms with Gasteiger partial charge in [-0.25, -0.2) is 14.2 Å². The van der Waals surface area contributed by atoms with Crippen molar-refractivity contribution in [3.8, 4) is 11.4 Å². The number of anilines is 1. The first-order valence-electron chi connectivity index (χ1n) is 10.3. The summed E-state index contributed by atoms with van der Waals surface area (Å²) in [5.41, 5.74) is 2.74. The molecule has 148 valence electrons. The molecule has 0 aliphatic carbocycles. The summed E-state index contributed by atoms with van der Waals surface area (Å²) in [5, 5.41) is 13.9. The molecule has 3 fully saturated rings. The van der Waals surface area contributed by atoms with Crippen molar-refractivity contribution in [3.63, 3.8) is 0 Å². The van der Waals surface area contributed by atoms with Gasteiger partial charge >= 0.3 is 0 Å². The lowest BCUT2D eigenvalue weighted by Crippen LogP contribution is -2.61. The van der Waals surface area contributed by atoms with Crippen LogP contribution in [0.15, 0.2) is 42.9 Å². The molecule has 29 heavy (non-hydrogen) atoms. The van der Waals surface area contributed by atoms with E-state index in [0.717, 1.165) is 46.9 Å². The highest BCUT2D eigenvalue weighted by molar-refractivity contribution is 5.92. The van der Waals surface area contributed by atoms with Crippen LogP contribution in [-0.4, -0.2) is 56.2 Å². The number of hydrogen-bond donors (Lipinski definition) is 1. The summed E-state index contributed by atoms with van der Waals surface area (Å²) in [6, 6.07) is 9.31. The first-order chi connectivity index (χ1) is 14.3. The van der Waals surface area contributed by atoms with Gasteiger partial charge in [-0.15, -0.1) is 5.10 Å². The molecule has 0 amide bonds. The van der Waals surface area contributed by atoms with E-state index in [1.807, 2.05) is 46.8 Å². The van der Waals surface area contributed by atoms with E-state index in [1.165, 1.54) is 12.8 Å². The Kier molecular flexibility index (Phi) is 3.73. The second kappa shape index (κ2) is 6.45. The van der Waals surface area contributed by atoms with Gasteiger partial charge in [0.25, 0.3) is 0 Å². The van der Waals surface area contributed by atoms with Gasteiger partial charge in [-0.2, -0.15) is 5.10 Å². The zero-order valence-corrected chi connectivity index (χ0v) is 16.3. The molecule has 8 heteroatoms. The monoisotopic (exact) mass is 389 g/mol. The fraction of sp³-hybridized carbons (Fsp3) is 0.381. The number of piperidine rings is 2. The normalized spacial score (nSPS) is 21.3. The molecule has 0 saturated carbocycles. The summed E-state index contributed by atoms with van der Waals surface area (Å²) in [7, 11) is 0. The van der Waals surface area contributed by atoms with Crippen LogP contribution in [0.3, 0.4) is 0 Å². The maximum Gasteiger partial charge on any atom is 0.185 e. The second-order valence-corrected chi connectivity index (χ2v) is 7.78. The van der Waals surface area contributed by atoms with Crippen molar-refractivity contribution in [2.24, 2.45) is 0 Å². The summed E-state index contributed by atoms with van der Waals surface area (Å²) >= 11 is 0. The van der Waals surface area contributed by atoms with E-state index in [-0.39, 0.29) is 0 Å². The largest absolute Gasteiger partial charge is 0.492 e. The van der Waals surface area contributed by atoms with Crippen molar-refractivity contribution in [1.82, 2.24) is 29.7 Å². The highest BCUT2D eigenvalue weighted by Crippen LogP contribution is 2.28. The van der Waals surface area contributed by atoms with Gasteiger partial charge in [0.15, 0.2) is 5.65 Å². The Morgan fingerprint density at radius 1 is 1.17 bits per heavy atom. The van der Waals surface area contributed by atoms with Crippen molar-refractivity contribution < 1.29 is 4.74 Å². The van der Waals surface area contributed by atoms with Crippen LogP contribution in [0.2, 0.25) is 0 Å². The molecule has 1 N–H and O–H groups in total. The van der Waals surface area contributed by atoms with Crippen molar-refractivity contribution in [2.75, 3.05) is 24.6 Å². The predicted octanol–water partition coefficient (Wildman–Crippen LogP) is 2.41. The number of rotatable bonds is 4. The first-order valence-corrected chi connectivity index (χ1v) is 10.3. The SMILES string of the molecule is CCOc1ccc2c3cnn(-c4ccc(N5CC6CCC5CN6)nc4)c3nn2c1. The molecule has 3 aliphatic rings. The van der Waals surface area contributed by atoms with E-state index >= 15 is 0 Å². The van der Waals surface area contributed by atoms with Gasteiger partial charge in [0.05, 0.1) is 41.8 Å². The number of piperazine rings is 1. The molecule has 2 bridgehead atoms. The van der Waals surface area contributed by atoms with Crippen LogP contribution >= 0.6 is 0 Å². The van der Waals surface area contributed by atoms with E-state index < -0.39 is 0 Å². The minimum absolute atomic E-state index is 0.549. The average Bonchev–Trinajstić information content (AvgIpc) is 3.34. The maximum atomic E-state index is 5.59. The van der Waals surface area contributed by atoms with Crippen LogP contribution in [-0.2, 0) is 0 Å². The van der Waals surface area contributed by atoms with Crippen molar-refractivity contribution >= 4 is 22.4 Å². The predicted molar refractivity (Wildman–Crippen MR) is 111 cm³/mol. The lowest BCUT2D eigenvalue weighted by Gasteiger charge is -2.46. The van der Waals surface area contributed by atoms with Gasteiger partial charge in [-0.05, 0) is 44.0 Å². The summed E-state index contributed by atoms with van der Waals surface area (Å²) in [6.07, 6.45) is 8.17. The second-order valence-electron chi connectivity index (χ2n) is 7.78. The molecule has 3 saturated heterocycles. The van der Waals surface area contributed by atoms with Gasteiger partial charge in [0.2, 0.25) is 0 Å². The highest BCUT2D eigenvalue weighted by Gasteiger charge is 2.33. The molecule has 8 nitrogen and oxygen atoms in total. The molecule has 2 unspecified atom stereocenters. The van der Waals surface area contributed by atoms with Crippen LogP contribution in [0.4, 0.5) is 5.82 Å². The van der Waals surface area contributed by atoms with E-state index in [0.29, 0.717) is 18.7 Å². The van der Waals surface area contributed by atoms with Gasteiger partial charge in [0.1, 0.15) is 11.6 Å². The number of nitrogens with one attached hydrogen (secondary N) is 1. The molecular weight excluding hydrogens is 366 g/mol. The fourth-order valence-corrected chi connectivity index (χ4v) is 4.59. The first kappa shape index (κ1) is 16.8. The van der Waals surface area contributed by atoms with Crippen LogP contribution in [0, 0.1) is 0 Å². The van der Waals surface area contributed by atoms with Crippen LogP contribution < -0.4 is 15.0 Å². The Morgan fingerprint density at radius 3 is 2.86 bits per heavy atom. The number of ether oxygens (including phenoxy) is 1. The minimum atomic E-state index is 0.549. The molecule has 7 rings (SSSR count). The van der Waals surface area contributed by atoms with Gasteiger partial charge in [-0.1, -0.05) is 0 Å². The maximum absolute atomic E-state index is 5.59. The number of hydrogen-bond acceptors (Lipinski definition) is 6. The quantitative estimate of drug-likeness (QED) is 0.578. The zero-order valence-electron chi connectivity index (χ0n) is 16.3. The molecule has 4 aromatic rings. The third-order valence-electron chi connectivity index (χ3n) is 6.05. The summed E-state index contributed by atoms with van der Waals surface area (Å²) in [4.78, 5) is 7.20. The van der Waals surface area contributed by atoms with Crippen LogP contribution in [0.5, 0.6) is 5.75 Å². The number of aromatic nitrogens is 5. The molecule has 3 aliphatic heterocycles. The fourth-order valence-electron chi connectivity index (χ4n) is 4.59. The third-order valence-corrected chi connectivity index (χ3v) is 6.05. The summed E-state index contributed by atoms with van der Waals surface area (Å²) in [5.74, 6) is 1.85. The smallest absolute Gasteiger partial charge is 0.185 e. The van der Waals surface area contributed by atoms with Crippen molar-refractivity contribution in [2.45, 2.75) is 31.8 Å². The Labute approximate surface area is 168 Å². The van der Waals surface area contributed by atoms with E-state index in [2.05, 4.69) is 27.4 Å². The van der Waals surface area contributed by atoms with Gasteiger partial charge in [-0.3, -0.25) is 0 Å². The topological polar surface area (TPSA) is 72.5 Å². The number of fused-ring (bicyclic) bond motifs is 6. The standard InChI is InChI=1S/C21H23N7O/c1-2-29-17-6-7-19-18-11-24-28(21(18)25-27(19)13-17)16-5-8-20(23-10-16)26-12-14-3-4-15(26)9-22-14/h5-8,10-11,13-15,22H,2-4,9,12H2,1H3. The van der Waals surface area contributed by atoms with E-state index in [9.17, 15) is 0 Å². The highest BCUT2D eigenvalue weighted by atomic mass is 16.5. The lowest BCUT2D eigenvalue weighted by molar-refractivity contribution is 0.289. The van der Waals surface area contributed by atoms with Crippen molar-refractivity contribution in [3.05, 3.63) is 42.9 Å². The Hall–Kier alpha value is -3.13. The Morgan fingerprint density at radius 2 is 2.14 bits per heavy atom. The molecule has 2 atom stereocenters. The zero-order chi connectivity index (χ0) is 19.4. The minimum Gasteiger partial charge on any atom is -0.492 e. The lowest BCUT2D eigenvalue weighted by atomic mass is 9.93. The molecule has 4 aromatic heterocycles. The summed E-state index contributed by atoms with van der Waals surface area (Å²) < 4.78 is 9.30. The molecule has 7 heterocycles. The van der Waals surface area contributed by atoms with E-state index in [1.54, 1.807) is 0 Å².